The minimum Gasteiger partial charge on any atom is -0.345 e. The molecule has 0 aliphatic heterocycles. The molecule has 1 unspecified atom stereocenters. The van der Waals surface area contributed by atoms with Crippen molar-refractivity contribution in [1.82, 2.24) is 15.3 Å². The van der Waals surface area contributed by atoms with E-state index >= 15 is 0 Å². The van der Waals surface area contributed by atoms with Crippen LogP contribution >= 0.6 is 0 Å². The Hall–Kier alpha value is -1.39. The van der Waals surface area contributed by atoms with Gasteiger partial charge in [0.2, 0.25) is 0 Å². The summed E-state index contributed by atoms with van der Waals surface area (Å²) in [6, 6.07) is 6.29. The molecule has 4 heteroatoms. The van der Waals surface area contributed by atoms with Crippen molar-refractivity contribution in [1.29, 1.82) is 0 Å². The highest BCUT2D eigenvalue weighted by atomic mass is 14.9. The smallest absolute Gasteiger partial charge is 0.0931 e. The first-order chi connectivity index (χ1) is 8.33. The van der Waals surface area contributed by atoms with Gasteiger partial charge in [0.1, 0.15) is 0 Å². The summed E-state index contributed by atoms with van der Waals surface area (Å²) < 4.78 is 0. The largest absolute Gasteiger partial charge is 0.345 e. The molecule has 0 aliphatic rings. The summed E-state index contributed by atoms with van der Waals surface area (Å²) in [5.74, 6) is 0.575. The average Bonchev–Trinajstić information content (AvgIpc) is 2.82. The fourth-order valence-electron chi connectivity index (χ4n) is 1.91. The predicted molar refractivity (Wildman–Crippen MR) is 70.6 cm³/mol. The first-order valence-electron chi connectivity index (χ1n) is 6.16. The summed E-state index contributed by atoms with van der Waals surface area (Å²) in [7, 11) is 0. The first-order valence-corrected chi connectivity index (χ1v) is 6.16. The van der Waals surface area contributed by atoms with Crippen molar-refractivity contribution in [2.45, 2.75) is 19.9 Å². The van der Waals surface area contributed by atoms with Crippen molar-refractivity contribution in [2.24, 2.45) is 11.7 Å². The molecule has 4 N–H and O–H groups in total. The summed E-state index contributed by atoms with van der Waals surface area (Å²) in [6.45, 7) is 4.79. The Kier molecular flexibility index (Phi) is 4.12. The van der Waals surface area contributed by atoms with Crippen LogP contribution in [0.2, 0.25) is 0 Å². The van der Waals surface area contributed by atoms with Crippen LogP contribution in [0.1, 0.15) is 18.9 Å². The Morgan fingerprint density at radius 2 is 2.35 bits per heavy atom. The Morgan fingerprint density at radius 3 is 3.12 bits per heavy atom. The second-order valence-corrected chi connectivity index (χ2v) is 4.39. The van der Waals surface area contributed by atoms with Gasteiger partial charge in [-0.05, 0) is 36.7 Å². The first kappa shape index (κ1) is 12.1. The van der Waals surface area contributed by atoms with E-state index in [1.165, 1.54) is 5.56 Å². The molecule has 4 nitrogen and oxygen atoms in total. The van der Waals surface area contributed by atoms with Crippen molar-refractivity contribution in [3.05, 3.63) is 30.1 Å². The molecule has 92 valence electrons. The van der Waals surface area contributed by atoms with Crippen LogP contribution in [0.5, 0.6) is 0 Å². The molecule has 1 heterocycles. The maximum absolute atomic E-state index is 5.67. The van der Waals surface area contributed by atoms with Crippen LogP contribution in [0.25, 0.3) is 11.0 Å². The highest BCUT2D eigenvalue weighted by Gasteiger charge is 2.03. The molecular weight excluding hydrogens is 212 g/mol. The SMILES string of the molecule is CCC(CN)CNCc1ccc2nc[nH]c2c1. The molecular formula is C13H20N4. The quantitative estimate of drug-likeness (QED) is 0.709. The van der Waals surface area contributed by atoms with Gasteiger partial charge in [-0.25, -0.2) is 4.98 Å². The lowest BCUT2D eigenvalue weighted by Crippen LogP contribution is -2.27. The summed E-state index contributed by atoms with van der Waals surface area (Å²) in [4.78, 5) is 7.32. The number of aromatic amines is 1. The molecule has 0 amide bonds. The summed E-state index contributed by atoms with van der Waals surface area (Å²) in [5, 5.41) is 3.45. The number of nitrogens with two attached hydrogens (primary N) is 1. The second-order valence-electron chi connectivity index (χ2n) is 4.39. The number of imidazole rings is 1. The van der Waals surface area contributed by atoms with E-state index in [2.05, 4.69) is 34.3 Å². The number of rotatable bonds is 6. The van der Waals surface area contributed by atoms with E-state index in [0.29, 0.717) is 5.92 Å². The van der Waals surface area contributed by atoms with Gasteiger partial charge in [-0.15, -0.1) is 0 Å². The molecule has 0 saturated carbocycles. The van der Waals surface area contributed by atoms with Gasteiger partial charge in [-0.1, -0.05) is 19.4 Å². The van der Waals surface area contributed by atoms with E-state index in [9.17, 15) is 0 Å². The van der Waals surface area contributed by atoms with Crippen molar-refractivity contribution in [3.63, 3.8) is 0 Å². The molecule has 1 atom stereocenters. The van der Waals surface area contributed by atoms with E-state index in [1.54, 1.807) is 6.33 Å². The van der Waals surface area contributed by atoms with Crippen LogP contribution in [0.3, 0.4) is 0 Å². The maximum atomic E-state index is 5.67. The number of fused-ring (bicyclic) bond motifs is 1. The molecule has 1 aromatic carbocycles. The maximum Gasteiger partial charge on any atom is 0.0931 e. The molecule has 0 spiro atoms. The lowest BCUT2D eigenvalue weighted by atomic mass is 10.1. The Bertz CT molecular complexity index is 459. The molecule has 0 radical (unpaired) electrons. The fourth-order valence-corrected chi connectivity index (χ4v) is 1.91. The van der Waals surface area contributed by atoms with Crippen LogP contribution in [-0.2, 0) is 6.54 Å². The van der Waals surface area contributed by atoms with Crippen LogP contribution in [0.4, 0.5) is 0 Å². The average molecular weight is 232 g/mol. The Labute approximate surface area is 102 Å². The molecule has 0 bridgehead atoms. The van der Waals surface area contributed by atoms with Gasteiger partial charge < -0.3 is 16.0 Å². The molecule has 17 heavy (non-hydrogen) atoms. The number of H-pyrrole nitrogens is 1. The van der Waals surface area contributed by atoms with Gasteiger partial charge >= 0.3 is 0 Å². The molecule has 0 saturated heterocycles. The van der Waals surface area contributed by atoms with Gasteiger partial charge in [0, 0.05) is 6.54 Å². The van der Waals surface area contributed by atoms with Gasteiger partial charge in [0.05, 0.1) is 17.4 Å². The topological polar surface area (TPSA) is 66.7 Å². The van der Waals surface area contributed by atoms with Crippen LogP contribution in [0, 0.1) is 5.92 Å². The summed E-state index contributed by atoms with van der Waals surface area (Å²) >= 11 is 0. The number of nitrogens with zero attached hydrogens (tertiary/aromatic N) is 1. The zero-order chi connectivity index (χ0) is 12.1. The molecule has 0 fully saturated rings. The monoisotopic (exact) mass is 232 g/mol. The zero-order valence-corrected chi connectivity index (χ0v) is 10.2. The molecule has 0 aliphatic carbocycles. The number of nitrogens with one attached hydrogen (secondary N) is 2. The number of aromatic nitrogens is 2. The van der Waals surface area contributed by atoms with E-state index in [0.717, 1.165) is 37.1 Å². The van der Waals surface area contributed by atoms with Crippen molar-refractivity contribution in [3.8, 4) is 0 Å². The highest BCUT2D eigenvalue weighted by molar-refractivity contribution is 5.74. The molecule has 1 aromatic heterocycles. The van der Waals surface area contributed by atoms with Crippen LogP contribution < -0.4 is 11.1 Å². The van der Waals surface area contributed by atoms with Crippen molar-refractivity contribution < 1.29 is 0 Å². The molecule has 2 aromatic rings. The number of benzene rings is 1. The van der Waals surface area contributed by atoms with E-state index < -0.39 is 0 Å². The summed E-state index contributed by atoms with van der Waals surface area (Å²) in [6.07, 6.45) is 2.85. The lowest BCUT2D eigenvalue weighted by molar-refractivity contribution is 0.471. The van der Waals surface area contributed by atoms with E-state index in [1.807, 2.05) is 6.07 Å². The highest BCUT2D eigenvalue weighted by Crippen LogP contribution is 2.11. The van der Waals surface area contributed by atoms with Crippen LogP contribution in [-0.4, -0.2) is 23.1 Å². The zero-order valence-electron chi connectivity index (χ0n) is 10.2. The van der Waals surface area contributed by atoms with Gasteiger partial charge in [-0.2, -0.15) is 0 Å². The normalized spacial score (nSPS) is 13.1. The minimum atomic E-state index is 0.575. The van der Waals surface area contributed by atoms with Crippen molar-refractivity contribution >= 4 is 11.0 Å². The van der Waals surface area contributed by atoms with Crippen LogP contribution in [0.15, 0.2) is 24.5 Å². The minimum absolute atomic E-state index is 0.575. The lowest BCUT2D eigenvalue weighted by Gasteiger charge is -2.13. The van der Waals surface area contributed by atoms with E-state index in [4.69, 9.17) is 5.73 Å². The Balaban J connectivity index is 1.90. The Morgan fingerprint density at radius 1 is 1.47 bits per heavy atom. The van der Waals surface area contributed by atoms with Gasteiger partial charge in [-0.3, -0.25) is 0 Å². The third-order valence-corrected chi connectivity index (χ3v) is 3.16. The van der Waals surface area contributed by atoms with Crippen molar-refractivity contribution in [2.75, 3.05) is 13.1 Å². The van der Waals surface area contributed by atoms with Gasteiger partial charge in [0.15, 0.2) is 0 Å². The fraction of sp³-hybridized carbons (Fsp3) is 0.462. The third-order valence-electron chi connectivity index (χ3n) is 3.16. The summed E-state index contributed by atoms with van der Waals surface area (Å²) in [5.41, 5.74) is 9.05. The number of hydrogen-bond donors (Lipinski definition) is 3. The predicted octanol–water partition coefficient (Wildman–Crippen LogP) is 1.64. The third kappa shape index (κ3) is 3.05. The van der Waals surface area contributed by atoms with E-state index in [-0.39, 0.29) is 0 Å². The second kappa shape index (κ2) is 5.80. The van der Waals surface area contributed by atoms with Gasteiger partial charge in [0.25, 0.3) is 0 Å². The standard InChI is InChI=1S/C13H20N4/c1-2-10(6-14)7-15-8-11-3-4-12-13(5-11)17-9-16-12/h3-5,9-10,15H,2,6-8,14H2,1H3,(H,16,17). The molecule has 2 rings (SSSR count). The number of hydrogen-bond acceptors (Lipinski definition) is 3.